The molecule has 7 rings (SSSR count). The molecular formula is C23H20N2O4. The van der Waals surface area contributed by atoms with Crippen LogP contribution in [0.25, 0.3) is 0 Å². The molecule has 3 amide bonds. The standard InChI is InChI=1S/C23H20N2O4/c26-21(24-11-14-5-2-8-29-14)12-3-1-4-13(9-12)25-22(27)19-15-6-7-16(18-10-17(15)18)20(19)23(25)28/h1-9,15-20H,10-11H2,(H,24,26)/t15-,16-,17-,18-,19+,20+/m0/s1. The summed E-state index contributed by atoms with van der Waals surface area (Å²) in [5.74, 6) is 1.20. The molecule has 2 saturated carbocycles. The Morgan fingerprint density at radius 2 is 1.76 bits per heavy atom. The fourth-order valence-corrected chi connectivity index (χ4v) is 5.68. The molecule has 1 aliphatic heterocycles. The van der Waals surface area contributed by atoms with Crippen molar-refractivity contribution in [2.75, 3.05) is 4.90 Å². The van der Waals surface area contributed by atoms with Crippen LogP contribution < -0.4 is 10.2 Å². The van der Waals surface area contributed by atoms with Crippen molar-refractivity contribution in [2.45, 2.75) is 13.0 Å². The van der Waals surface area contributed by atoms with Gasteiger partial charge in [-0.05, 0) is 60.4 Å². The fourth-order valence-electron chi connectivity index (χ4n) is 5.68. The number of nitrogens with zero attached hydrogens (tertiary/aromatic N) is 1. The van der Waals surface area contributed by atoms with Crippen LogP contribution in [-0.2, 0) is 16.1 Å². The highest BCUT2D eigenvalue weighted by Crippen LogP contribution is 2.65. The molecule has 3 fully saturated rings. The molecule has 0 unspecified atom stereocenters. The van der Waals surface area contributed by atoms with E-state index < -0.39 is 0 Å². The van der Waals surface area contributed by atoms with Crippen LogP contribution in [0.15, 0.2) is 59.2 Å². The Hall–Kier alpha value is -3.15. The molecule has 146 valence electrons. The molecule has 1 aromatic heterocycles. The van der Waals surface area contributed by atoms with Crippen LogP contribution in [0.5, 0.6) is 0 Å². The number of furan rings is 1. The lowest BCUT2D eigenvalue weighted by Crippen LogP contribution is -2.40. The molecular weight excluding hydrogens is 368 g/mol. The summed E-state index contributed by atoms with van der Waals surface area (Å²) >= 11 is 0. The predicted molar refractivity (Wildman–Crippen MR) is 104 cm³/mol. The molecule has 6 heteroatoms. The number of imide groups is 1. The van der Waals surface area contributed by atoms with Crippen molar-refractivity contribution in [3.8, 4) is 0 Å². The van der Waals surface area contributed by atoms with Gasteiger partial charge in [-0.1, -0.05) is 18.2 Å². The maximum atomic E-state index is 13.2. The first-order valence-corrected chi connectivity index (χ1v) is 10.1. The summed E-state index contributed by atoms with van der Waals surface area (Å²) < 4.78 is 5.23. The van der Waals surface area contributed by atoms with E-state index in [9.17, 15) is 14.4 Å². The summed E-state index contributed by atoms with van der Waals surface area (Å²) in [6.45, 7) is 0.277. The summed E-state index contributed by atoms with van der Waals surface area (Å²) in [6, 6.07) is 10.3. The zero-order valence-electron chi connectivity index (χ0n) is 15.7. The number of benzene rings is 1. The lowest BCUT2D eigenvalue weighted by molar-refractivity contribution is -0.124. The van der Waals surface area contributed by atoms with Crippen LogP contribution in [0.2, 0.25) is 0 Å². The van der Waals surface area contributed by atoms with Crippen LogP contribution in [0, 0.1) is 35.5 Å². The first-order chi connectivity index (χ1) is 14.1. The fraction of sp³-hybridized carbons (Fsp3) is 0.348. The number of allylic oxidation sites excluding steroid dienone is 2. The van der Waals surface area contributed by atoms with Gasteiger partial charge in [0.2, 0.25) is 11.8 Å². The zero-order valence-corrected chi connectivity index (χ0v) is 15.7. The number of hydrogen-bond donors (Lipinski definition) is 1. The van der Waals surface area contributed by atoms with E-state index in [-0.39, 0.29) is 47.9 Å². The summed E-state index contributed by atoms with van der Waals surface area (Å²) in [6.07, 6.45) is 7.01. The van der Waals surface area contributed by atoms with Crippen LogP contribution in [0.3, 0.4) is 0 Å². The average molecular weight is 388 g/mol. The van der Waals surface area contributed by atoms with E-state index in [1.165, 1.54) is 4.90 Å². The largest absolute Gasteiger partial charge is 0.467 e. The normalized spacial score (nSPS) is 33.6. The molecule has 1 N–H and O–H groups in total. The molecule has 0 spiro atoms. The number of hydrogen-bond acceptors (Lipinski definition) is 4. The number of carbonyl (C=O) groups excluding carboxylic acids is 3. The molecule has 4 aliphatic carbocycles. The Morgan fingerprint density at radius 3 is 2.41 bits per heavy atom. The second kappa shape index (κ2) is 5.92. The van der Waals surface area contributed by atoms with Gasteiger partial charge in [0.05, 0.1) is 30.3 Å². The molecule has 29 heavy (non-hydrogen) atoms. The minimum absolute atomic E-state index is 0.113. The van der Waals surface area contributed by atoms with Crippen molar-refractivity contribution >= 4 is 23.4 Å². The molecule has 2 heterocycles. The summed E-state index contributed by atoms with van der Waals surface area (Å²) in [5, 5.41) is 2.80. The van der Waals surface area contributed by atoms with E-state index in [1.54, 1.807) is 42.7 Å². The van der Waals surface area contributed by atoms with E-state index in [1.807, 2.05) is 0 Å². The third-order valence-electron chi connectivity index (χ3n) is 7.03. The molecule has 2 bridgehead atoms. The monoisotopic (exact) mass is 388 g/mol. The number of amides is 3. The van der Waals surface area contributed by atoms with Gasteiger partial charge in [-0.3, -0.25) is 14.4 Å². The maximum absolute atomic E-state index is 13.2. The third-order valence-corrected chi connectivity index (χ3v) is 7.03. The first-order valence-electron chi connectivity index (χ1n) is 10.1. The lowest BCUT2D eigenvalue weighted by Gasteiger charge is -2.37. The second-order valence-electron chi connectivity index (χ2n) is 8.48. The Labute approximate surface area is 167 Å². The topological polar surface area (TPSA) is 79.6 Å². The van der Waals surface area contributed by atoms with Gasteiger partial charge >= 0.3 is 0 Å². The minimum Gasteiger partial charge on any atom is -0.467 e. The Bertz CT molecular complexity index is 1020. The van der Waals surface area contributed by atoms with E-state index in [4.69, 9.17) is 4.42 Å². The SMILES string of the molecule is O=C(NCc1ccco1)c1cccc(N2C(=O)[C@@H]3[C@H]4C=C[C@@H]([C@@H]5C[C@@H]45)[C@H]3C2=O)c1. The molecule has 6 nitrogen and oxygen atoms in total. The van der Waals surface area contributed by atoms with Crippen LogP contribution in [0.4, 0.5) is 5.69 Å². The van der Waals surface area contributed by atoms with E-state index in [0.29, 0.717) is 28.8 Å². The van der Waals surface area contributed by atoms with Crippen molar-refractivity contribution < 1.29 is 18.8 Å². The quantitative estimate of drug-likeness (QED) is 0.645. The maximum Gasteiger partial charge on any atom is 0.251 e. The van der Waals surface area contributed by atoms with Crippen molar-refractivity contribution in [2.24, 2.45) is 35.5 Å². The van der Waals surface area contributed by atoms with Crippen molar-refractivity contribution in [1.82, 2.24) is 5.32 Å². The van der Waals surface area contributed by atoms with Crippen molar-refractivity contribution in [3.05, 3.63) is 66.1 Å². The van der Waals surface area contributed by atoms with Crippen LogP contribution >= 0.6 is 0 Å². The van der Waals surface area contributed by atoms with Gasteiger partial charge in [-0.15, -0.1) is 0 Å². The van der Waals surface area contributed by atoms with E-state index in [2.05, 4.69) is 17.5 Å². The third kappa shape index (κ3) is 2.38. The smallest absolute Gasteiger partial charge is 0.251 e. The molecule has 6 atom stereocenters. The van der Waals surface area contributed by atoms with E-state index in [0.717, 1.165) is 6.42 Å². The van der Waals surface area contributed by atoms with Gasteiger partial charge in [0.1, 0.15) is 5.76 Å². The summed E-state index contributed by atoms with van der Waals surface area (Å²) in [7, 11) is 0. The highest BCUT2D eigenvalue weighted by Gasteiger charge is 2.67. The Kier molecular flexibility index (Phi) is 3.43. The summed E-state index contributed by atoms with van der Waals surface area (Å²) in [4.78, 5) is 40.3. The second-order valence-corrected chi connectivity index (χ2v) is 8.48. The zero-order chi connectivity index (χ0) is 19.7. The highest BCUT2D eigenvalue weighted by atomic mass is 16.3. The first kappa shape index (κ1) is 16.8. The highest BCUT2D eigenvalue weighted by molar-refractivity contribution is 6.23. The Morgan fingerprint density at radius 1 is 1.03 bits per heavy atom. The van der Waals surface area contributed by atoms with Gasteiger partial charge in [0.15, 0.2) is 0 Å². The van der Waals surface area contributed by atoms with Crippen LogP contribution in [-0.4, -0.2) is 17.7 Å². The van der Waals surface area contributed by atoms with Crippen LogP contribution in [0.1, 0.15) is 22.5 Å². The molecule has 0 radical (unpaired) electrons. The van der Waals surface area contributed by atoms with E-state index >= 15 is 0 Å². The van der Waals surface area contributed by atoms with Crippen molar-refractivity contribution in [3.63, 3.8) is 0 Å². The van der Waals surface area contributed by atoms with Gasteiger partial charge in [-0.2, -0.15) is 0 Å². The average Bonchev–Trinajstić information content (AvgIpc) is 3.33. The summed E-state index contributed by atoms with van der Waals surface area (Å²) in [5.41, 5.74) is 0.890. The number of carbonyl (C=O) groups is 3. The Balaban J connectivity index is 1.26. The minimum atomic E-state index is -0.275. The van der Waals surface area contributed by atoms with Gasteiger partial charge < -0.3 is 9.73 Å². The predicted octanol–water partition coefficient (Wildman–Crippen LogP) is 2.77. The lowest BCUT2D eigenvalue weighted by atomic mass is 9.63. The molecule has 5 aliphatic rings. The van der Waals surface area contributed by atoms with Gasteiger partial charge in [0.25, 0.3) is 5.91 Å². The van der Waals surface area contributed by atoms with Gasteiger partial charge in [-0.25, -0.2) is 4.90 Å². The molecule has 2 aromatic rings. The number of anilines is 1. The number of rotatable bonds is 4. The van der Waals surface area contributed by atoms with Crippen molar-refractivity contribution in [1.29, 1.82) is 0 Å². The number of nitrogens with one attached hydrogen (secondary N) is 1. The van der Waals surface area contributed by atoms with Gasteiger partial charge in [0, 0.05) is 5.56 Å². The molecule has 1 saturated heterocycles. The molecule has 1 aromatic carbocycles.